The first-order valence-corrected chi connectivity index (χ1v) is 12.1. The maximum Gasteiger partial charge on any atom is 0.346 e. The van der Waals surface area contributed by atoms with Gasteiger partial charge in [-0.25, -0.2) is 9.48 Å². The standard InChI is InChI=1S/C21H18Cl3F2IN4O3/c22-13-6-4-12(5-7-13)19-29-31(20(34)30(19)9-8-21(25,26)27)10-17(33)28-16(11-32)14-2-1-3-15(23)18(14)24/h1-7,16,32H,8-11H2,(H,28,33). The van der Waals surface area contributed by atoms with E-state index in [-0.39, 0.29) is 22.4 Å². The molecule has 1 heterocycles. The van der Waals surface area contributed by atoms with E-state index in [2.05, 4.69) is 10.4 Å². The van der Waals surface area contributed by atoms with E-state index < -0.39 is 41.1 Å². The van der Waals surface area contributed by atoms with Crippen LogP contribution in [0.15, 0.2) is 47.3 Å². The number of nitrogens with one attached hydrogen (secondary N) is 1. The smallest absolute Gasteiger partial charge is 0.346 e. The van der Waals surface area contributed by atoms with E-state index in [4.69, 9.17) is 34.8 Å². The quantitative estimate of drug-likeness (QED) is 0.255. The van der Waals surface area contributed by atoms with Crippen molar-refractivity contribution in [3.05, 3.63) is 73.6 Å². The normalized spacial score (nSPS) is 12.6. The summed E-state index contributed by atoms with van der Waals surface area (Å²) in [5, 5.41) is 17.4. The Bertz CT molecular complexity index is 1230. The van der Waals surface area contributed by atoms with Gasteiger partial charge in [0.15, 0.2) is 5.82 Å². The topological polar surface area (TPSA) is 89.2 Å². The summed E-state index contributed by atoms with van der Waals surface area (Å²) in [6, 6.07) is 10.2. The molecule has 3 rings (SSSR count). The van der Waals surface area contributed by atoms with E-state index in [0.29, 0.717) is 16.1 Å². The fourth-order valence-corrected chi connectivity index (χ4v) is 3.99. The van der Waals surface area contributed by atoms with Crippen molar-refractivity contribution in [1.29, 1.82) is 0 Å². The number of halogens is 6. The van der Waals surface area contributed by atoms with Gasteiger partial charge in [-0.2, -0.15) is 8.78 Å². The van der Waals surface area contributed by atoms with Gasteiger partial charge in [0.1, 0.15) is 6.54 Å². The van der Waals surface area contributed by atoms with Crippen LogP contribution in [0.3, 0.4) is 0 Å². The highest BCUT2D eigenvalue weighted by Crippen LogP contribution is 2.30. The molecule has 0 saturated heterocycles. The van der Waals surface area contributed by atoms with Gasteiger partial charge in [-0.15, -0.1) is 5.10 Å². The Labute approximate surface area is 221 Å². The Kier molecular flexibility index (Phi) is 8.96. The second-order valence-electron chi connectivity index (χ2n) is 7.23. The summed E-state index contributed by atoms with van der Waals surface area (Å²) in [5.41, 5.74) is 0.132. The number of carbonyl (C=O) groups excluding carboxylic acids is 1. The van der Waals surface area contributed by atoms with Crippen molar-refractivity contribution in [1.82, 2.24) is 19.7 Å². The highest BCUT2D eigenvalue weighted by atomic mass is 127. The number of carbonyl (C=O) groups is 1. The van der Waals surface area contributed by atoms with Gasteiger partial charge >= 0.3 is 5.69 Å². The van der Waals surface area contributed by atoms with Crippen molar-refractivity contribution in [3.63, 3.8) is 0 Å². The average Bonchev–Trinajstić information content (AvgIpc) is 3.08. The molecule has 2 aromatic carbocycles. The molecule has 1 atom stereocenters. The third-order valence-corrected chi connectivity index (χ3v) is 6.44. The van der Waals surface area contributed by atoms with Crippen LogP contribution in [0.4, 0.5) is 8.78 Å². The molecular weight excluding hydrogens is 628 g/mol. The summed E-state index contributed by atoms with van der Waals surface area (Å²) < 4.78 is 25.9. The molecule has 0 saturated carbocycles. The molecule has 1 unspecified atom stereocenters. The molecular formula is C21H18Cl3F2IN4O3. The minimum absolute atomic E-state index is 0.117. The van der Waals surface area contributed by atoms with Crippen LogP contribution in [0.1, 0.15) is 18.0 Å². The van der Waals surface area contributed by atoms with Crippen molar-refractivity contribution >= 4 is 63.3 Å². The average molecular weight is 646 g/mol. The molecule has 1 amide bonds. The maximum atomic E-state index is 13.5. The van der Waals surface area contributed by atoms with E-state index in [9.17, 15) is 23.5 Å². The maximum absolute atomic E-state index is 13.5. The Morgan fingerprint density at radius 2 is 1.85 bits per heavy atom. The first-order valence-electron chi connectivity index (χ1n) is 9.84. The molecule has 0 spiro atoms. The van der Waals surface area contributed by atoms with Gasteiger partial charge in [0, 0.05) is 23.6 Å². The molecule has 0 radical (unpaired) electrons. The van der Waals surface area contributed by atoms with Gasteiger partial charge in [0.25, 0.3) is 3.93 Å². The minimum Gasteiger partial charge on any atom is -0.394 e. The van der Waals surface area contributed by atoms with Crippen LogP contribution in [0, 0.1) is 0 Å². The monoisotopic (exact) mass is 644 g/mol. The molecule has 13 heteroatoms. The third kappa shape index (κ3) is 6.69. The number of hydrogen-bond acceptors (Lipinski definition) is 4. The van der Waals surface area contributed by atoms with Gasteiger partial charge in [0.2, 0.25) is 5.91 Å². The lowest BCUT2D eigenvalue weighted by molar-refractivity contribution is -0.123. The van der Waals surface area contributed by atoms with Crippen LogP contribution >= 0.6 is 57.4 Å². The summed E-state index contributed by atoms with van der Waals surface area (Å²) in [4.78, 5) is 25.6. The summed E-state index contributed by atoms with van der Waals surface area (Å²) in [5.74, 6) is -0.532. The first kappa shape index (κ1) is 26.9. The van der Waals surface area contributed by atoms with Gasteiger partial charge in [-0.05, 0) is 58.5 Å². The minimum atomic E-state index is -3.03. The fraction of sp³-hybridized carbons (Fsp3) is 0.286. The number of amides is 1. The molecule has 34 heavy (non-hydrogen) atoms. The number of nitrogens with zero attached hydrogens (tertiary/aromatic N) is 3. The Hall–Kier alpha value is -1.73. The number of rotatable bonds is 9. The van der Waals surface area contributed by atoms with E-state index >= 15 is 0 Å². The summed E-state index contributed by atoms with van der Waals surface area (Å²) in [6.07, 6.45) is -0.605. The van der Waals surface area contributed by atoms with Crippen LogP contribution in [0.25, 0.3) is 11.4 Å². The van der Waals surface area contributed by atoms with E-state index in [1.165, 1.54) is 0 Å². The number of alkyl halides is 3. The zero-order valence-electron chi connectivity index (χ0n) is 17.3. The van der Waals surface area contributed by atoms with E-state index in [0.717, 1.165) is 31.8 Å². The van der Waals surface area contributed by atoms with Crippen molar-refractivity contribution in [2.75, 3.05) is 6.61 Å². The lowest BCUT2D eigenvalue weighted by Crippen LogP contribution is -2.37. The van der Waals surface area contributed by atoms with Gasteiger partial charge in [0.05, 0.1) is 22.7 Å². The van der Waals surface area contributed by atoms with Crippen LogP contribution in [0.5, 0.6) is 0 Å². The van der Waals surface area contributed by atoms with Gasteiger partial charge in [-0.3, -0.25) is 9.36 Å². The summed E-state index contributed by atoms with van der Waals surface area (Å²) >= 11 is 19.1. The molecule has 182 valence electrons. The highest BCUT2D eigenvalue weighted by Gasteiger charge is 2.26. The van der Waals surface area contributed by atoms with Crippen LogP contribution in [-0.4, -0.2) is 35.9 Å². The second kappa shape index (κ2) is 11.3. The molecule has 3 aromatic rings. The molecule has 0 aliphatic carbocycles. The molecule has 1 aromatic heterocycles. The molecule has 0 aliphatic rings. The summed E-state index contributed by atoms with van der Waals surface area (Å²) in [7, 11) is 0. The van der Waals surface area contributed by atoms with Crippen LogP contribution in [0.2, 0.25) is 15.1 Å². The van der Waals surface area contributed by atoms with E-state index in [1.807, 2.05) is 0 Å². The number of aliphatic hydroxyl groups is 1. The molecule has 2 N–H and O–H groups in total. The highest BCUT2D eigenvalue weighted by molar-refractivity contribution is 14.1. The number of hydrogen-bond donors (Lipinski definition) is 2. The van der Waals surface area contributed by atoms with Crippen molar-refractivity contribution in [2.24, 2.45) is 0 Å². The first-order chi connectivity index (χ1) is 16.0. The zero-order chi connectivity index (χ0) is 25.0. The summed E-state index contributed by atoms with van der Waals surface area (Å²) in [6.45, 7) is -1.30. The lowest BCUT2D eigenvalue weighted by Gasteiger charge is -2.18. The Morgan fingerprint density at radius 3 is 2.47 bits per heavy atom. The van der Waals surface area contributed by atoms with Crippen LogP contribution < -0.4 is 11.0 Å². The molecule has 7 nitrogen and oxygen atoms in total. The number of benzene rings is 2. The SMILES string of the molecule is O=C(Cn1nc(-c2ccc(Cl)cc2)n(CCC(F)(F)I)c1=O)NC(CO)c1cccc(Cl)c1Cl. The largest absolute Gasteiger partial charge is 0.394 e. The number of aromatic nitrogens is 3. The lowest BCUT2D eigenvalue weighted by atomic mass is 10.1. The van der Waals surface area contributed by atoms with Gasteiger partial charge < -0.3 is 10.4 Å². The zero-order valence-corrected chi connectivity index (χ0v) is 21.7. The van der Waals surface area contributed by atoms with Crippen molar-refractivity contribution < 1.29 is 18.7 Å². The number of aliphatic hydroxyl groups excluding tert-OH is 1. The molecule has 0 aliphatic heterocycles. The van der Waals surface area contributed by atoms with Crippen molar-refractivity contribution in [2.45, 2.75) is 29.5 Å². The van der Waals surface area contributed by atoms with Gasteiger partial charge in [-0.1, -0.05) is 46.9 Å². The second-order valence-corrected chi connectivity index (χ2v) is 10.0. The van der Waals surface area contributed by atoms with E-state index in [1.54, 1.807) is 42.5 Å². The third-order valence-electron chi connectivity index (χ3n) is 4.81. The predicted octanol–water partition coefficient (Wildman–Crippen LogP) is 4.94. The Balaban J connectivity index is 1.88. The molecule has 0 bridgehead atoms. The Morgan fingerprint density at radius 1 is 1.18 bits per heavy atom. The van der Waals surface area contributed by atoms with Crippen molar-refractivity contribution in [3.8, 4) is 11.4 Å². The predicted molar refractivity (Wildman–Crippen MR) is 135 cm³/mol. The fourth-order valence-electron chi connectivity index (χ4n) is 3.18. The molecule has 0 fully saturated rings. The van der Waals surface area contributed by atoms with Crippen LogP contribution in [-0.2, 0) is 17.9 Å².